The molecule has 1 fully saturated rings. The molecule has 0 spiro atoms. The third kappa shape index (κ3) is 7.98. The molecular formula is C30H44N6O3. The molecule has 1 atom stereocenters. The molecule has 1 saturated heterocycles. The molecule has 0 bridgehead atoms. The Kier molecular flexibility index (Phi) is 10.8. The average molecular weight is 537 g/mol. The van der Waals surface area contributed by atoms with Crippen molar-refractivity contribution in [1.29, 1.82) is 5.26 Å². The van der Waals surface area contributed by atoms with E-state index in [9.17, 15) is 4.79 Å². The zero-order valence-electron chi connectivity index (χ0n) is 24.4. The van der Waals surface area contributed by atoms with Crippen molar-refractivity contribution in [3.63, 3.8) is 0 Å². The molecule has 2 N–H and O–H groups in total. The molecule has 9 heteroatoms. The molecule has 1 amide bonds. The quantitative estimate of drug-likeness (QED) is 0.456. The number of aromatic nitrogens is 3. The predicted octanol–water partition coefficient (Wildman–Crippen LogP) is 5.52. The number of rotatable bonds is 8. The van der Waals surface area contributed by atoms with Crippen LogP contribution in [-0.4, -0.2) is 66.7 Å². The van der Waals surface area contributed by atoms with Crippen LogP contribution in [0.25, 0.3) is 5.57 Å². The van der Waals surface area contributed by atoms with Gasteiger partial charge in [0.25, 0.3) is 5.91 Å². The average Bonchev–Trinajstić information content (AvgIpc) is 3.43. The van der Waals surface area contributed by atoms with Crippen LogP contribution >= 0.6 is 0 Å². The van der Waals surface area contributed by atoms with Gasteiger partial charge in [0.1, 0.15) is 17.4 Å². The van der Waals surface area contributed by atoms with Gasteiger partial charge >= 0.3 is 0 Å². The number of nitrogens with zero attached hydrogens (tertiary/aromatic N) is 4. The number of anilines is 1. The SMILES string of the molecule is CCCOC1(c2ccc(NC(=O)c3ncc(C#N)[nH]3)c(C3=CCC(C)(CC)CC3)n2)CCOCC1.CN(C)C. The van der Waals surface area contributed by atoms with Crippen molar-refractivity contribution in [2.75, 3.05) is 46.3 Å². The van der Waals surface area contributed by atoms with E-state index < -0.39 is 11.5 Å². The Morgan fingerprint density at radius 2 is 1.95 bits per heavy atom. The van der Waals surface area contributed by atoms with Gasteiger partial charge < -0.3 is 24.7 Å². The summed E-state index contributed by atoms with van der Waals surface area (Å²) in [5.41, 5.74) is 3.50. The number of aromatic amines is 1. The Bertz CT molecular complexity index is 1170. The number of imidazole rings is 1. The molecule has 2 aromatic rings. The lowest BCUT2D eigenvalue weighted by Crippen LogP contribution is -2.38. The van der Waals surface area contributed by atoms with Crippen molar-refractivity contribution in [3.8, 4) is 6.07 Å². The van der Waals surface area contributed by atoms with Crippen molar-refractivity contribution in [2.24, 2.45) is 5.41 Å². The number of nitriles is 1. The zero-order valence-corrected chi connectivity index (χ0v) is 24.4. The third-order valence-corrected chi connectivity index (χ3v) is 7.40. The second kappa shape index (κ2) is 13.8. The van der Waals surface area contributed by atoms with Crippen LogP contribution in [0.1, 0.15) is 93.4 Å². The van der Waals surface area contributed by atoms with E-state index in [1.807, 2.05) is 44.2 Å². The van der Waals surface area contributed by atoms with Crippen LogP contribution in [0.5, 0.6) is 0 Å². The molecule has 4 rings (SSSR count). The largest absolute Gasteiger partial charge is 0.381 e. The summed E-state index contributed by atoms with van der Waals surface area (Å²) in [5.74, 6) is -0.306. The lowest BCUT2D eigenvalue weighted by Gasteiger charge is -2.37. The first kappa shape index (κ1) is 30.5. The van der Waals surface area contributed by atoms with Crippen molar-refractivity contribution in [2.45, 2.75) is 71.3 Å². The standard InChI is InChI=1S/C27H35N5O3.C3H9N/c1-4-14-35-27(12-15-34-16-13-27)22-7-6-21(31-25(33)24-29-18-20(17-28)30-24)23(32-22)19-8-10-26(3,5-2)11-9-19;1-4(2)3/h6-8,18H,4-5,9-16H2,1-3H3,(H,29,30)(H,31,33);1-3H3. The number of hydrogen-bond donors (Lipinski definition) is 2. The Labute approximate surface area is 233 Å². The minimum Gasteiger partial charge on any atom is -0.381 e. The van der Waals surface area contributed by atoms with Gasteiger partial charge in [0.2, 0.25) is 0 Å². The second-order valence-corrected chi connectivity index (χ2v) is 11.2. The molecule has 0 saturated carbocycles. The summed E-state index contributed by atoms with van der Waals surface area (Å²) in [7, 11) is 6.00. The first-order chi connectivity index (χ1) is 18.6. The smallest absolute Gasteiger partial charge is 0.291 e. The van der Waals surface area contributed by atoms with Crippen molar-refractivity contribution in [3.05, 3.63) is 47.3 Å². The fourth-order valence-corrected chi connectivity index (χ4v) is 4.75. The molecule has 2 aliphatic rings. The summed E-state index contributed by atoms with van der Waals surface area (Å²) >= 11 is 0. The Hall–Kier alpha value is -3.06. The molecule has 0 radical (unpaired) electrons. The number of hydrogen-bond acceptors (Lipinski definition) is 7. The summed E-state index contributed by atoms with van der Waals surface area (Å²) in [6.45, 7) is 8.60. The second-order valence-electron chi connectivity index (χ2n) is 11.2. The van der Waals surface area contributed by atoms with Gasteiger partial charge in [-0.15, -0.1) is 0 Å². The van der Waals surface area contributed by atoms with Gasteiger partial charge in [-0.25, -0.2) is 9.97 Å². The maximum atomic E-state index is 12.9. The van der Waals surface area contributed by atoms with E-state index in [0.717, 1.165) is 61.9 Å². The molecule has 212 valence electrons. The van der Waals surface area contributed by atoms with Crippen LogP contribution in [0.4, 0.5) is 5.69 Å². The van der Waals surface area contributed by atoms with Crippen LogP contribution in [0.2, 0.25) is 0 Å². The van der Waals surface area contributed by atoms with Gasteiger partial charge in [0, 0.05) is 32.7 Å². The predicted molar refractivity (Wildman–Crippen MR) is 153 cm³/mol. The number of ether oxygens (including phenoxy) is 2. The Morgan fingerprint density at radius 3 is 2.51 bits per heavy atom. The zero-order chi connectivity index (χ0) is 28.5. The number of nitrogens with one attached hydrogen (secondary N) is 2. The maximum Gasteiger partial charge on any atom is 0.291 e. The lowest BCUT2D eigenvalue weighted by atomic mass is 9.74. The molecule has 9 nitrogen and oxygen atoms in total. The highest BCUT2D eigenvalue weighted by Crippen LogP contribution is 2.43. The molecule has 0 aromatic carbocycles. The number of H-pyrrole nitrogens is 1. The fourth-order valence-electron chi connectivity index (χ4n) is 4.75. The maximum absolute atomic E-state index is 12.9. The van der Waals surface area contributed by atoms with Gasteiger partial charge in [-0.3, -0.25) is 4.79 Å². The number of allylic oxidation sites excluding steroid dienone is 2. The molecule has 1 unspecified atom stereocenters. The van der Waals surface area contributed by atoms with E-state index in [4.69, 9.17) is 19.7 Å². The number of amides is 1. The molecule has 2 aromatic heterocycles. The molecule has 3 heterocycles. The van der Waals surface area contributed by atoms with E-state index in [2.05, 4.69) is 42.1 Å². The molecular weight excluding hydrogens is 492 g/mol. The van der Waals surface area contributed by atoms with Crippen LogP contribution in [0.15, 0.2) is 24.4 Å². The van der Waals surface area contributed by atoms with Crippen LogP contribution in [0.3, 0.4) is 0 Å². The number of carbonyl (C=O) groups is 1. The number of pyridine rings is 1. The van der Waals surface area contributed by atoms with Gasteiger partial charge in [-0.2, -0.15) is 5.26 Å². The highest BCUT2D eigenvalue weighted by Gasteiger charge is 2.38. The normalized spacial score (nSPS) is 20.4. The first-order valence-corrected chi connectivity index (χ1v) is 14.0. The third-order valence-electron chi connectivity index (χ3n) is 7.40. The Morgan fingerprint density at radius 1 is 1.23 bits per heavy atom. The van der Waals surface area contributed by atoms with E-state index in [-0.39, 0.29) is 11.5 Å². The molecule has 39 heavy (non-hydrogen) atoms. The van der Waals surface area contributed by atoms with Gasteiger partial charge in [0.05, 0.1) is 23.3 Å². The summed E-state index contributed by atoms with van der Waals surface area (Å²) < 4.78 is 12.0. The highest BCUT2D eigenvalue weighted by molar-refractivity contribution is 6.03. The Balaban J connectivity index is 0.000000983. The summed E-state index contributed by atoms with van der Waals surface area (Å²) in [6, 6.07) is 5.85. The summed E-state index contributed by atoms with van der Waals surface area (Å²) in [6.07, 6.45) is 10.1. The topological polar surface area (TPSA) is 116 Å². The molecule has 1 aliphatic heterocycles. The van der Waals surface area contributed by atoms with E-state index in [1.54, 1.807) is 0 Å². The summed E-state index contributed by atoms with van der Waals surface area (Å²) in [4.78, 5) is 26.8. The minimum absolute atomic E-state index is 0.0972. The van der Waals surface area contributed by atoms with E-state index in [0.29, 0.717) is 30.9 Å². The van der Waals surface area contributed by atoms with Crippen molar-refractivity contribution < 1.29 is 14.3 Å². The lowest BCUT2D eigenvalue weighted by molar-refractivity contribution is -0.118. The van der Waals surface area contributed by atoms with Crippen LogP contribution in [0, 0.1) is 16.7 Å². The number of carbonyl (C=O) groups excluding carboxylic acids is 1. The minimum atomic E-state index is -0.485. The van der Waals surface area contributed by atoms with Crippen molar-refractivity contribution in [1.82, 2.24) is 19.9 Å². The van der Waals surface area contributed by atoms with E-state index >= 15 is 0 Å². The highest BCUT2D eigenvalue weighted by atomic mass is 16.5. The van der Waals surface area contributed by atoms with Crippen molar-refractivity contribution >= 4 is 17.2 Å². The van der Waals surface area contributed by atoms with Gasteiger partial charge in [-0.05, 0) is 69.9 Å². The monoisotopic (exact) mass is 536 g/mol. The van der Waals surface area contributed by atoms with Gasteiger partial charge in [-0.1, -0.05) is 33.3 Å². The fraction of sp³-hybridized carbons (Fsp3) is 0.600. The van der Waals surface area contributed by atoms with Crippen LogP contribution < -0.4 is 5.32 Å². The summed E-state index contributed by atoms with van der Waals surface area (Å²) in [5, 5.41) is 12.0. The van der Waals surface area contributed by atoms with E-state index in [1.165, 1.54) is 6.20 Å². The first-order valence-electron chi connectivity index (χ1n) is 14.0. The van der Waals surface area contributed by atoms with Crippen LogP contribution in [-0.2, 0) is 15.1 Å². The van der Waals surface area contributed by atoms with Gasteiger partial charge in [0.15, 0.2) is 5.82 Å². The molecule has 1 aliphatic carbocycles.